The maximum atomic E-state index is 10.1. The Morgan fingerprint density at radius 3 is 2.29 bits per heavy atom. The Labute approximate surface area is 44.4 Å². The summed E-state index contributed by atoms with van der Waals surface area (Å²) >= 11 is 0. The molecule has 0 N–H and O–H groups in total. The Morgan fingerprint density at radius 1 is 1.57 bits per heavy atom. The SMILES string of the molecule is CC1CCC1C[O]. The highest BCUT2D eigenvalue weighted by molar-refractivity contribution is 4.75. The zero-order valence-corrected chi connectivity index (χ0v) is 4.68. The molecule has 1 rings (SSSR count). The van der Waals surface area contributed by atoms with Gasteiger partial charge in [0, 0.05) is 0 Å². The van der Waals surface area contributed by atoms with Gasteiger partial charge in [-0.1, -0.05) is 6.92 Å². The van der Waals surface area contributed by atoms with Crippen LogP contribution in [0.25, 0.3) is 0 Å². The van der Waals surface area contributed by atoms with E-state index in [0.29, 0.717) is 5.92 Å². The molecular formula is C6H11O. The first kappa shape index (κ1) is 5.10. The number of hydrogen-bond acceptors (Lipinski definition) is 0. The molecule has 7 heavy (non-hydrogen) atoms. The van der Waals surface area contributed by atoms with Crippen molar-refractivity contribution in [2.45, 2.75) is 19.8 Å². The molecule has 0 heterocycles. The van der Waals surface area contributed by atoms with Crippen LogP contribution in [0.5, 0.6) is 0 Å². The van der Waals surface area contributed by atoms with E-state index in [4.69, 9.17) is 0 Å². The van der Waals surface area contributed by atoms with Gasteiger partial charge in [0.1, 0.15) is 0 Å². The summed E-state index contributed by atoms with van der Waals surface area (Å²) in [5.41, 5.74) is 0. The second-order valence-corrected chi connectivity index (χ2v) is 2.48. The lowest BCUT2D eigenvalue weighted by Gasteiger charge is -2.30. The van der Waals surface area contributed by atoms with E-state index < -0.39 is 0 Å². The molecule has 41 valence electrons. The average molecular weight is 99.2 g/mol. The van der Waals surface area contributed by atoms with E-state index in [-0.39, 0.29) is 6.61 Å². The molecule has 1 fully saturated rings. The molecule has 0 saturated heterocycles. The molecule has 0 amide bonds. The van der Waals surface area contributed by atoms with Gasteiger partial charge in [-0.2, -0.15) is 0 Å². The molecule has 1 nitrogen and oxygen atoms in total. The predicted molar refractivity (Wildman–Crippen MR) is 27.4 cm³/mol. The maximum Gasteiger partial charge on any atom is 0.0853 e. The van der Waals surface area contributed by atoms with Crippen molar-refractivity contribution in [3.63, 3.8) is 0 Å². The Balaban J connectivity index is 2.16. The van der Waals surface area contributed by atoms with Gasteiger partial charge in [-0.25, -0.2) is 5.11 Å². The van der Waals surface area contributed by atoms with Crippen LogP contribution in [0.1, 0.15) is 19.8 Å². The molecule has 0 bridgehead atoms. The Bertz CT molecular complexity index is 59.2. The van der Waals surface area contributed by atoms with Crippen molar-refractivity contribution in [1.82, 2.24) is 0 Å². The van der Waals surface area contributed by atoms with Gasteiger partial charge in [0.15, 0.2) is 0 Å². The van der Waals surface area contributed by atoms with Gasteiger partial charge in [-0.3, -0.25) is 0 Å². The zero-order chi connectivity index (χ0) is 5.28. The van der Waals surface area contributed by atoms with Crippen molar-refractivity contribution < 1.29 is 5.11 Å². The number of rotatable bonds is 1. The van der Waals surface area contributed by atoms with Gasteiger partial charge in [0.25, 0.3) is 0 Å². The predicted octanol–water partition coefficient (Wildman–Crippen LogP) is 1.46. The Hall–Kier alpha value is -0.0400. The lowest BCUT2D eigenvalue weighted by molar-refractivity contribution is 0.0590. The first-order chi connectivity index (χ1) is 3.34. The molecular weight excluding hydrogens is 88.1 g/mol. The fourth-order valence-electron chi connectivity index (χ4n) is 0.983. The highest BCUT2D eigenvalue weighted by atomic mass is 16.3. The summed E-state index contributed by atoms with van der Waals surface area (Å²) < 4.78 is 0. The molecule has 0 aromatic carbocycles. The van der Waals surface area contributed by atoms with E-state index in [1.54, 1.807) is 0 Å². The van der Waals surface area contributed by atoms with Crippen molar-refractivity contribution >= 4 is 0 Å². The summed E-state index contributed by atoms with van der Waals surface area (Å²) in [5.74, 6) is 1.26. The topological polar surface area (TPSA) is 19.9 Å². The molecule has 2 atom stereocenters. The summed E-state index contributed by atoms with van der Waals surface area (Å²) in [6, 6.07) is 0. The summed E-state index contributed by atoms with van der Waals surface area (Å²) in [7, 11) is 0. The van der Waals surface area contributed by atoms with E-state index >= 15 is 0 Å². The third-order valence-corrected chi connectivity index (χ3v) is 2.01. The molecule has 0 aliphatic heterocycles. The van der Waals surface area contributed by atoms with Crippen molar-refractivity contribution in [1.29, 1.82) is 0 Å². The van der Waals surface area contributed by atoms with Gasteiger partial charge in [0.2, 0.25) is 0 Å². The largest absolute Gasteiger partial charge is 0.236 e. The number of hydrogen-bond donors (Lipinski definition) is 0. The van der Waals surface area contributed by atoms with E-state index in [2.05, 4.69) is 6.92 Å². The lowest BCUT2D eigenvalue weighted by Crippen LogP contribution is -2.25. The molecule has 1 radical (unpaired) electrons. The van der Waals surface area contributed by atoms with Crippen LogP contribution < -0.4 is 0 Å². The van der Waals surface area contributed by atoms with Crippen molar-refractivity contribution in [3.05, 3.63) is 0 Å². The molecule has 1 aliphatic rings. The molecule has 2 unspecified atom stereocenters. The molecule has 0 spiro atoms. The van der Waals surface area contributed by atoms with E-state index in [0.717, 1.165) is 5.92 Å². The van der Waals surface area contributed by atoms with Crippen LogP contribution in [-0.2, 0) is 5.11 Å². The van der Waals surface area contributed by atoms with E-state index in [9.17, 15) is 5.11 Å². The first-order valence-electron chi connectivity index (χ1n) is 2.92. The zero-order valence-electron chi connectivity index (χ0n) is 4.68. The summed E-state index contributed by atoms with van der Waals surface area (Å²) in [6.07, 6.45) is 2.47. The molecule has 0 aromatic rings. The van der Waals surface area contributed by atoms with Crippen molar-refractivity contribution in [3.8, 4) is 0 Å². The summed E-state index contributed by atoms with van der Waals surface area (Å²) in [4.78, 5) is 0. The minimum absolute atomic E-state index is 0.154. The van der Waals surface area contributed by atoms with Gasteiger partial charge >= 0.3 is 0 Å². The van der Waals surface area contributed by atoms with Gasteiger partial charge in [0.05, 0.1) is 6.61 Å². The minimum Gasteiger partial charge on any atom is -0.236 e. The van der Waals surface area contributed by atoms with Gasteiger partial charge in [-0.05, 0) is 24.7 Å². The Morgan fingerprint density at radius 2 is 2.29 bits per heavy atom. The third kappa shape index (κ3) is 0.778. The van der Waals surface area contributed by atoms with Crippen molar-refractivity contribution in [2.75, 3.05) is 6.61 Å². The van der Waals surface area contributed by atoms with Crippen LogP contribution in [0.2, 0.25) is 0 Å². The molecule has 1 saturated carbocycles. The average Bonchev–Trinajstić information content (AvgIpc) is 1.65. The highest BCUT2D eigenvalue weighted by Crippen LogP contribution is 2.32. The van der Waals surface area contributed by atoms with Crippen LogP contribution in [0.3, 0.4) is 0 Å². The highest BCUT2D eigenvalue weighted by Gasteiger charge is 2.25. The van der Waals surface area contributed by atoms with Gasteiger partial charge < -0.3 is 0 Å². The second-order valence-electron chi connectivity index (χ2n) is 2.48. The normalized spacial score (nSPS) is 40.3. The molecule has 0 aromatic heterocycles. The quantitative estimate of drug-likeness (QED) is 0.474. The maximum absolute atomic E-state index is 10.1. The van der Waals surface area contributed by atoms with Crippen LogP contribution in [0.15, 0.2) is 0 Å². The summed E-state index contributed by atoms with van der Waals surface area (Å²) in [5, 5.41) is 10.1. The van der Waals surface area contributed by atoms with Crippen molar-refractivity contribution in [2.24, 2.45) is 11.8 Å². The summed E-state index contributed by atoms with van der Waals surface area (Å²) in [6.45, 7) is 2.31. The van der Waals surface area contributed by atoms with E-state index in [1.165, 1.54) is 12.8 Å². The second kappa shape index (κ2) is 1.83. The smallest absolute Gasteiger partial charge is 0.0853 e. The van der Waals surface area contributed by atoms with Crippen LogP contribution >= 0.6 is 0 Å². The van der Waals surface area contributed by atoms with Crippen LogP contribution in [0.4, 0.5) is 0 Å². The van der Waals surface area contributed by atoms with Crippen LogP contribution in [0, 0.1) is 11.8 Å². The minimum atomic E-state index is 0.154. The molecule has 1 heteroatoms. The standard InChI is InChI=1S/C6H11O/c1-5-2-3-6(5)4-7/h5-6H,2-4H2,1H3. The van der Waals surface area contributed by atoms with Crippen LogP contribution in [-0.4, -0.2) is 6.61 Å². The molecule has 1 aliphatic carbocycles. The fourth-order valence-corrected chi connectivity index (χ4v) is 0.983. The van der Waals surface area contributed by atoms with E-state index in [1.807, 2.05) is 0 Å². The third-order valence-electron chi connectivity index (χ3n) is 2.01. The first-order valence-corrected chi connectivity index (χ1v) is 2.92. The Kier molecular flexibility index (Phi) is 1.33. The lowest BCUT2D eigenvalue weighted by atomic mass is 9.76. The fraction of sp³-hybridized carbons (Fsp3) is 1.00. The monoisotopic (exact) mass is 99.1 g/mol. The van der Waals surface area contributed by atoms with Gasteiger partial charge in [-0.15, -0.1) is 0 Å².